The predicted octanol–water partition coefficient (Wildman–Crippen LogP) is 3.32. The van der Waals surface area contributed by atoms with Crippen LogP contribution in [0.1, 0.15) is 21.5 Å². The molecule has 2 aromatic carbocycles. The van der Waals surface area contributed by atoms with E-state index in [0.29, 0.717) is 5.56 Å². The summed E-state index contributed by atoms with van der Waals surface area (Å²) in [6, 6.07) is 9.11. The van der Waals surface area contributed by atoms with Crippen molar-refractivity contribution in [3.05, 3.63) is 69.3 Å². The summed E-state index contributed by atoms with van der Waals surface area (Å²) in [5.74, 6) is -1.16. The zero-order valence-electron chi connectivity index (χ0n) is 17.2. The van der Waals surface area contributed by atoms with Gasteiger partial charge in [-0.3, -0.25) is 24.6 Å². The lowest BCUT2D eigenvalue weighted by atomic mass is 10.1. The fraction of sp³-hybridized carbons (Fsp3) is 0.333. The summed E-state index contributed by atoms with van der Waals surface area (Å²) in [6.07, 6.45) is -4.63. The molecule has 170 valence electrons. The van der Waals surface area contributed by atoms with Crippen molar-refractivity contribution in [2.45, 2.75) is 13.1 Å². The van der Waals surface area contributed by atoms with Gasteiger partial charge in [0.25, 0.3) is 11.6 Å². The van der Waals surface area contributed by atoms with Gasteiger partial charge in [-0.1, -0.05) is 24.3 Å². The first-order chi connectivity index (χ1) is 15.1. The third-order valence-corrected chi connectivity index (χ3v) is 5.20. The van der Waals surface area contributed by atoms with Crippen LogP contribution in [0, 0.1) is 17.0 Å². The van der Waals surface area contributed by atoms with Gasteiger partial charge in [0.1, 0.15) is 5.69 Å². The van der Waals surface area contributed by atoms with Gasteiger partial charge >= 0.3 is 6.18 Å². The number of carbonyl (C=O) groups is 2. The van der Waals surface area contributed by atoms with Crippen LogP contribution in [-0.4, -0.2) is 59.3 Å². The highest BCUT2D eigenvalue weighted by Crippen LogP contribution is 2.32. The highest BCUT2D eigenvalue weighted by Gasteiger charge is 2.36. The van der Waals surface area contributed by atoms with E-state index in [4.69, 9.17) is 0 Å². The molecule has 0 atom stereocenters. The number of benzene rings is 2. The molecular formula is C21H21F3N4O4. The molecule has 1 N–H and O–H groups in total. The third-order valence-electron chi connectivity index (χ3n) is 5.20. The lowest BCUT2D eigenvalue weighted by Gasteiger charge is -2.34. The van der Waals surface area contributed by atoms with Crippen molar-refractivity contribution in [1.29, 1.82) is 0 Å². The molecule has 0 saturated carbocycles. The number of nitrogens with zero attached hydrogens (tertiary/aromatic N) is 3. The van der Waals surface area contributed by atoms with E-state index in [1.165, 1.54) is 29.2 Å². The van der Waals surface area contributed by atoms with Crippen molar-refractivity contribution in [2.24, 2.45) is 0 Å². The van der Waals surface area contributed by atoms with Gasteiger partial charge in [0, 0.05) is 32.2 Å². The van der Waals surface area contributed by atoms with Gasteiger partial charge in [-0.15, -0.1) is 0 Å². The van der Waals surface area contributed by atoms with Crippen molar-refractivity contribution in [2.75, 3.05) is 38.0 Å². The van der Waals surface area contributed by atoms with E-state index in [-0.39, 0.29) is 44.1 Å². The van der Waals surface area contributed by atoms with Crippen LogP contribution >= 0.6 is 0 Å². The largest absolute Gasteiger partial charge is 0.417 e. The third kappa shape index (κ3) is 5.22. The molecule has 0 aromatic heterocycles. The maximum Gasteiger partial charge on any atom is 0.417 e. The second-order valence-corrected chi connectivity index (χ2v) is 7.39. The molecule has 11 heteroatoms. The van der Waals surface area contributed by atoms with Gasteiger partial charge in [-0.2, -0.15) is 13.2 Å². The minimum atomic E-state index is -4.63. The van der Waals surface area contributed by atoms with Gasteiger partial charge < -0.3 is 10.2 Å². The number of piperazine rings is 1. The van der Waals surface area contributed by atoms with Gasteiger partial charge in [0.15, 0.2) is 0 Å². The van der Waals surface area contributed by atoms with E-state index in [0.717, 1.165) is 12.1 Å². The predicted molar refractivity (Wildman–Crippen MR) is 110 cm³/mol. The highest BCUT2D eigenvalue weighted by atomic mass is 19.4. The van der Waals surface area contributed by atoms with Crippen molar-refractivity contribution >= 4 is 23.2 Å². The molecule has 1 aliphatic heterocycles. The van der Waals surface area contributed by atoms with E-state index < -0.39 is 34.0 Å². The van der Waals surface area contributed by atoms with Crippen LogP contribution < -0.4 is 5.32 Å². The number of aryl methyl sites for hydroxylation is 1. The van der Waals surface area contributed by atoms with Crippen molar-refractivity contribution < 1.29 is 27.7 Å². The topological polar surface area (TPSA) is 95.8 Å². The molecule has 1 aliphatic rings. The number of hydrogen-bond acceptors (Lipinski definition) is 5. The Morgan fingerprint density at radius 3 is 2.34 bits per heavy atom. The zero-order valence-corrected chi connectivity index (χ0v) is 17.2. The molecule has 32 heavy (non-hydrogen) atoms. The molecule has 1 fully saturated rings. The molecule has 3 rings (SSSR count). The number of anilines is 1. The summed E-state index contributed by atoms with van der Waals surface area (Å²) >= 11 is 0. The number of amides is 2. The van der Waals surface area contributed by atoms with Crippen LogP contribution in [0.3, 0.4) is 0 Å². The standard InChI is InChI=1S/C21H21F3N4O4/c1-14-5-4-8-17(28(31)32)19(14)25-18(29)13-26-9-11-27(12-10-26)20(30)15-6-2-3-7-16(15)21(22,23)24/h2-8H,9-13H2,1H3,(H,25,29). The van der Waals surface area contributed by atoms with E-state index in [2.05, 4.69) is 5.32 Å². The van der Waals surface area contributed by atoms with Gasteiger partial charge in [0.05, 0.1) is 22.6 Å². The number of para-hydroxylation sites is 1. The average molecular weight is 450 g/mol. The number of halogens is 3. The Labute approximate surface area is 181 Å². The lowest BCUT2D eigenvalue weighted by Crippen LogP contribution is -2.50. The minimum Gasteiger partial charge on any atom is -0.336 e. The summed E-state index contributed by atoms with van der Waals surface area (Å²) in [6.45, 7) is 2.45. The number of hydrogen-bond donors (Lipinski definition) is 1. The Hall–Kier alpha value is -3.47. The first kappa shape index (κ1) is 23.2. The molecule has 0 unspecified atom stereocenters. The van der Waals surface area contributed by atoms with Crippen molar-refractivity contribution in [1.82, 2.24) is 9.80 Å². The lowest BCUT2D eigenvalue weighted by molar-refractivity contribution is -0.384. The summed E-state index contributed by atoms with van der Waals surface area (Å²) < 4.78 is 39.6. The summed E-state index contributed by atoms with van der Waals surface area (Å²) in [4.78, 5) is 38.7. The SMILES string of the molecule is Cc1cccc([N+](=O)[O-])c1NC(=O)CN1CCN(C(=O)c2ccccc2C(F)(F)F)CC1. The number of nitro groups is 1. The molecule has 1 heterocycles. The summed E-state index contributed by atoms with van der Waals surface area (Å²) in [5, 5.41) is 13.7. The Morgan fingerprint density at radius 1 is 1.06 bits per heavy atom. The quantitative estimate of drug-likeness (QED) is 0.557. The van der Waals surface area contributed by atoms with E-state index in [1.54, 1.807) is 17.9 Å². The van der Waals surface area contributed by atoms with Crippen LogP contribution in [0.25, 0.3) is 0 Å². The van der Waals surface area contributed by atoms with Crippen LogP contribution in [0.4, 0.5) is 24.5 Å². The monoisotopic (exact) mass is 450 g/mol. The molecule has 0 spiro atoms. The molecule has 2 aromatic rings. The van der Waals surface area contributed by atoms with E-state index >= 15 is 0 Å². The second kappa shape index (κ2) is 9.35. The second-order valence-electron chi connectivity index (χ2n) is 7.39. The average Bonchev–Trinajstić information content (AvgIpc) is 2.74. The molecule has 0 radical (unpaired) electrons. The van der Waals surface area contributed by atoms with E-state index in [9.17, 15) is 32.9 Å². The minimum absolute atomic E-state index is 0.0628. The zero-order chi connectivity index (χ0) is 23.5. The molecular weight excluding hydrogens is 429 g/mol. The maximum atomic E-state index is 13.2. The number of nitrogens with one attached hydrogen (secondary N) is 1. The van der Waals surface area contributed by atoms with Gasteiger partial charge in [-0.05, 0) is 24.6 Å². The fourth-order valence-electron chi connectivity index (χ4n) is 3.55. The maximum absolute atomic E-state index is 13.2. The van der Waals surface area contributed by atoms with E-state index in [1.807, 2.05) is 0 Å². The number of nitro benzene ring substituents is 1. The Balaban J connectivity index is 1.60. The first-order valence-corrected chi connectivity index (χ1v) is 9.79. The smallest absolute Gasteiger partial charge is 0.336 e. The number of rotatable bonds is 5. The summed E-state index contributed by atoms with van der Waals surface area (Å²) in [7, 11) is 0. The van der Waals surface area contributed by atoms with Crippen molar-refractivity contribution in [3.8, 4) is 0 Å². The van der Waals surface area contributed by atoms with Crippen LogP contribution in [-0.2, 0) is 11.0 Å². The van der Waals surface area contributed by atoms with Crippen LogP contribution in [0.15, 0.2) is 42.5 Å². The van der Waals surface area contributed by atoms with Crippen LogP contribution in [0.5, 0.6) is 0 Å². The number of carbonyl (C=O) groups excluding carboxylic acids is 2. The molecule has 8 nitrogen and oxygen atoms in total. The Morgan fingerprint density at radius 2 is 1.72 bits per heavy atom. The van der Waals surface area contributed by atoms with Crippen molar-refractivity contribution in [3.63, 3.8) is 0 Å². The molecule has 1 saturated heterocycles. The normalized spacial score (nSPS) is 14.8. The molecule has 0 aliphatic carbocycles. The first-order valence-electron chi connectivity index (χ1n) is 9.79. The van der Waals surface area contributed by atoms with Gasteiger partial charge in [0.2, 0.25) is 5.91 Å². The fourth-order valence-corrected chi connectivity index (χ4v) is 3.55. The molecule has 0 bridgehead atoms. The summed E-state index contributed by atoms with van der Waals surface area (Å²) in [5.41, 5.74) is -0.923. The number of alkyl halides is 3. The van der Waals surface area contributed by atoms with Gasteiger partial charge in [-0.25, -0.2) is 0 Å². The van der Waals surface area contributed by atoms with Crippen LogP contribution in [0.2, 0.25) is 0 Å². The Bertz CT molecular complexity index is 1030. The highest BCUT2D eigenvalue weighted by molar-refractivity contribution is 5.96. The molecule has 2 amide bonds. The Kier molecular flexibility index (Phi) is 6.78.